The molecule has 0 heterocycles. The first-order valence-corrected chi connectivity index (χ1v) is 6.62. The van der Waals surface area contributed by atoms with Gasteiger partial charge in [-0.3, -0.25) is 0 Å². The van der Waals surface area contributed by atoms with Gasteiger partial charge in [0.1, 0.15) is 6.17 Å². The van der Waals surface area contributed by atoms with Crippen molar-refractivity contribution in [3.63, 3.8) is 0 Å². The minimum Gasteiger partial charge on any atom is -0.305 e. The zero-order valence-corrected chi connectivity index (χ0v) is 10.7. The first-order chi connectivity index (χ1) is 8.16. The highest BCUT2D eigenvalue weighted by atomic mass is 19.1. The second kappa shape index (κ2) is 5.63. The monoisotopic (exact) mass is 235 g/mol. The third kappa shape index (κ3) is 3.29. The van der Waals surface area contributed by atoms with Crippen LogP contribution < -0.4 is 5.32 Å². The smallest absolute Gasteiger partial charge is 0.116 e. The topological polar surface area (TPSA) is 12.0 Å². The quantitative estimate of drug-likeness (QED) is 0.838. The summed E-state index contributed by atoms with van der Waals surface area (Å²) in [5, 5.41) is 3.43. The Morgan fingerprint density at radius 2 is 1.94 bits per heavy atom. The van der Waals surface area contributed by atoms with Crippen LogP contribution in [0.2, 0.25) is 0 Å². The van der Waals surface area contributed by atoms with Crippen LogP contribution in [-0.4, -0.2) is 12.2 Å². The molecule has 1 aliphatic rings. The molecule has 0 amide bonds. The van der Waals surface area contributed by atoms with Crippen molar-refractivity contribution < 1.29 is 4.39 Å². The van der Waals surface area contributed by atoms with Crippen molar-refractivity contribution in [2.75, 3.05) is 0 Å². The summed E-state index contributed by atoms with van der Waals surface area (Å²) in [4.78, 5) is 0. The Balaban J connectivity index is 1.93. The SMILES string of the molecule is C[C@@H]1CC[C@@H](N[C@H](C)c2ccccc2)[C@@H](F)C1. The number of alkyl halides is 1. The second-order valence-corrected chi connectivity index (χ2v) is 5.34. The third-order valence-electron chi connectivity index (χ3n) is 3.80. The molecule has 17 heavy (non-hydrogen) atoms. The molecular formula is C15H22FN. The third-order valence-corrected chi connectivity index (χ3v) is 3.80. The number of rotatable bonds is 3. The number of halogens is 1. The molecule has 0 unspecified atom stereocenters. The molecule has 1 aromatic rings. The number of hydrogen-bond acceptors (Lipinski definition) is 1. The van der Waals surface area contributed by atoms with E-state index in [9.17, 15) is 4.39 Å². The molecule has 2 heteroatoms. The molecule has 0 aromatic heterocycles. The summed E-state index contributed by atoms with van der Waals surface area (Å²) >= 11 is 0. The molecule has 1 aliphatic carbocycles. The zero-order chi connectivity index (χ0) is 12.3. The van der Waals surface area contributed by atoms with Crippen molar-refractivity contribution in [2.45, 2.75) is 51.4 Å². The summed E-state index contributed by atoms with van der Waals surface area (Å²) in [5.74, 6) is 0.537. The van der Waals surface area contributed by atoms with Crippen LogP contribution in [0.1, 0.15) is 44.7 Å². The number of benzene rings is 1. The summed E-state index contributed by atoms with van der Waals surface area (Å²) in [6, 6.07) is 10.5. The zero-order valence-electron chi connectivity index (χ0n) is 10.7. The maximum absolute atomic E-state index is 13.9. The molecule has 0 spiro atoms. The van der Waals surface area contributed by atoms with Gasteiger partial charge in [-0.1, -0.05) is 37.3 Å². The maximum Gasteiger partial charge on any atom is 0.116 e. The summed E-state index contributed by atoms with van der Waals surface area (Å²) in [6.45, 7) is 4.25. The molecular weight excluding hydrogens is 213 g/mol. The van der Waals surface area contributed by atoms with Gasteiger partial charge in [0.2, 0.25) is 0 Å². The van der Waals surface area contributed by atoms with Crippen LogP contribution >= 0.6 is 0 Å². The van der Waals surface area contributed by atoms with Gasteiger partial charge in [-0.05, 0) is 37.7 Å². The van der Waals surface area contributed by atoms with Crippen molar-refractivity contribution >= 4 is 0 Å². The second-order valence-electron chi connectivity index (χ2n) is 5.34. The van der Waals surface area contributed by atoms with Gasteiger partial charge in [0, 0.05) is 12.1 Å². The Morgan fingerprint density at radius 1 is 1.24 bits per heavy atom. The van der Waals surface area contributed by atoms with Gasteiger partial charge in [0.25, 0.3) is 0 Å². The summed E-state index contributed by atoms with van der Waals surface area (Å²) in [6.07, 6.45) is 2.11. The molecule has 1 saturated carbocycles. The van der Waals surface area contributed by atoms with Crippen LogP contribution in [0.25, 0.3) is 0 Å². The van der Waals surface area contributed by atoms with E-state index in [-0.39, 0.29) is 12.1 Å². The fourth-order valence-corrected chi connectivity index (χ4v) is 2.66. The lowest BCUT2D eigenvalue weighted by Gasteiger charge is -2.32. The molecule has 0 radical (unpaired) electrons. The van der Waals surface area contributed by atoms with Gasteiger partial charge in [-0.25, -0.2) is 4.39 Å². The molecule has 0 aliphatic heterocycles. The first-order valence-electron chi connectivity index (χ1n) is 6.62. The van der Waals surface area contributed by atoms with E-state index in [0.717, 1.165) is 12.8 Å². The summed E-state index contributed by atoms with van der Waals surface area (Å²) in [5.41, 5.74) is 1.23. The summed E-state index contributed by atoms with van der Waals surface area (Å²) in [7, 11) is 0. The van der Waals surface area contributed by atoms with Crippen molar-refractivity contribution in [3.05, 3.63) is 35.9 Å². The van der Waals surface area contributed by atoms with E-state index in [2.05, 4.69) is 31.3 Å². The Morgan fingerprint density at radius 3 is 2.59 bits per heavy atom. The minimum atomic E-state index is -0.690. The Kier molecular flexibility index (Phi) is 4.16. The average molecular weight is 235 g/mol. The Hall–Kier alpha value is -0.890. The van der Waals surface area contributed by atoms with Crippen molar-refractivity contribution in [1.29, 1.82) is 0 Å². The highest BCUT2D eigenvalue weighted by molar-refractivity contribution is 5.18. The van der Waals surface area contributed by atoms with E-state index in [4.69, 9.17) is 0 Å². The van der Waals surface area contributed by atoms with Crippen molar-refractivity contribution in [3.8, 4) is 0 Å². The molecule has 1 nitrogen and oxygen atoms in total. The molecule has 4 atom stereocenters. The Labute approximate surface area is 103 Å². The normalized spacial score (nSPS) is 31.1. The lowest BCUT2D eigenvalue weighted by Crippen LogP contribution is -2.42. The molecule has 94 valence electrons. The highest BCUT2D eigenvalue weighted by Crippen LogP contribution is 2.28. The highest BCUT2D eigenvalue weighted by Gasteiger charge is 2.29. The average Bonchev–Trinajstić information content (AvgIpc) is 2.34. The molecule has 1 N–H and O–H groups in total. The van der Waals surface area contributed by atoms with Gasteiger partial charge < -0.3 is 5.32 Å². The predicted octanol–water partition coefficient (Wildman–Crippen LogP) is 3.86. The fraction of sp³-hybridized carbons (Fsp3) is 0.600. The van der Waals surface area contributed by atoms with E-state index >= 15 is 0 Å². The fourth-order valence-electron chi connectivity index (χ4n) is 2.66. The van der Waals surface area contributed by atoms with Gasteiger partial charge in [-0.15, -0.1) is 0 Å². The standard InChI is InChI=1S/C15H22FN/c1-11-8-9-15(14(16)10-11)17-12(2)13-6-4-3-5-7-13/h3-7,11-12,14-15,17H,8-10H2,1-2H3/t11-,12-,14+,15-/m1/s1. The van der Waals surface area contributed by atoms with Crippen molar-refractivity contribution in [1.82, 2.24) is 5.32 Å². The van der Waals surface area contributed by atoms with E-state index in [0.29, 0.717) is 12.3 Å². The lowest BCUT2D eigenvalue weighted by atomic mass is 9.85. The maximum atomic E-state index is 13.9. The minimum absolute atomic E-state index is 0.0291. The van der Waals surface area contributed by atoms with Crippen LogP contribution in [0.5, 0.6) is 0 Å². The molecule has 0 saturated heterocycles. The molecule has 2 rings (SSSR count). The van der Waals surface area contributed by atoms with Crippen LogP contribution in [-0.2, 0) is 0 Å². The van der Waals surface area contributed by atoms with Crippen LogP contribution in [0.4, 0.5) is 4.39 Å². The van der Waals surface area contributed by atoms with Crippen LogP contribution in [0, 0.1) is 5.92 Å². The van der Waals surface area contributed by atoms with Gasteiger partial charge in [0.05, 0.1) is 0 Å². The first kappa shape index (κ1) is 12.6. The molecule has 1 fully saturated rings. The number of hydrogen-bond donors (Lipinski definition) is 1. The van der Waals surface area contributed by atoms with Gasteiger partial charge >= 0.3 is 0 Å². The van der Waals surface area contributed by atoms with Crippen LogP contribution in [0.3, 0.4) is 0 Å². The number of nitrogens with one attached hydrogen (secondary N) is 1. The van der Waals surface area contributed by atoms with Gasteiger partial charge in [0.15, 0.2) is 0 Å². The summed E-state index contributed by atoms with van der Waals surface area (Å²) < 4.78 is 13.9. The van der Waals surface area contributed by atoms with E-state index in [1.807, 2.05) is 18.2 Å². The van der Waals surface area contributed by atoms with Crippen LogP contribution in [0.15, 0.2) is 30.3 Å². The van der Waals surface area contributed by atoms with Gasteiger partial charge in [-0.2, -0.15) is 0 Å². The predicted molar refractivity (Wildman–Crippen MR) is 69.7 cm³/mol. The Bertz CT molecular complexity index is 338. The van der Waals surface area contributed by atoms with E-state index < -0.39 is 6.17 Å². The lowest BCUT2D eigenvalue weighted by molar-refractivity contribution is 0.148. The van der Waals surface area contributed by atoms with Crippen molar-refractivity contribution in [2.24, 2.45) is 5.92 Å². The molecule has 0 bridgehead atoms. The van der Waals surface area contributed by atoms with E-state index in [1.165, 1.54) is 5.56 Å². The van der Waals surface area contributed by atoms with E-state index in [1.54, 1.807) is 0 Å². The molecule has 1 aromatic carbocycles. The largest absolute Gasteiger partial charge is 0.305 e.